The van der Waals surface area contributed by atoms with Gasteiger partial charge in [0.05, 0.1) is 6.54 Å². The molecule has 132 valence electrons. The van der Waals surface area contributed by atoms with Crippen LogP contribution in [0.25, 0.3) is 0 Å². The Bertz CT molecular complexity index is 1090. The van der Waals surface area contributed by atoms with E-state index in [0.29, 0.717) is 16.3 Å². The van der Waals surface area contributed by atoms with E-state index in [0.717, 1.165) is 16.3 Å². The maximum atomic E-state index is 12.7. The number of nitrogens with one attached hydrogen (secondary N) is 2. The molecule has 1 aromatic heterocycles. The van der Waals surface area contributed by atoms with E-state index in [2.05, 4.69) is 10.3 Å². The number of carbonyl (C=O) groups is 1. The molecule has 0 radical (unpaired) electrons. The molecule has 6 nitrogen and oxygen atoms in total. The number of H-pyrrole nitrogens is 1. The van der Waals surface area contributed by atoms with E-state index in [1.807, 2.05) is 19.1 Å². The van der Waals surface area contributed by atoms with Crippen molar-refractivity contribution in [2.45, 2.75) is 13.5 Å². The molecule has 0 saturated carbocycles. The van der Waals surface area contributed by atoms with Crippen LogP contribution in [-0.2, 0) is 6.54 Å². The topological polar surface area (TPSA) is 84.0 Å². The van der Waals surface area contributed by atoms with E-state index in [-0.39, 0.29) is 12.1 Å². The number of hydrogen-bond acceptors (Lipinski definition) is 3. The molecule has 0 unspecified atom stereocenters. The number of benzene rings is 2. The fourth-order valence-electron chi connectivity index (χ4n) is 2.52. The second-order valence-corrected chi connectivity index (χ2v) is 6.17. The first-order chi connectivity index (χ1) is 12.5. The predicted octanol–water partition coefficient (Wildman–Crippen LogP) is 2.80. The summed E-state index contributed by atoms with van der Waals surface area (Å²) in [4.78, 5) is 39.7. The number of anilines is 1. The maximum absolute atomic E-state index is 12.7. The number of nitrogens with zero attached hydrogens (tertiary/aromatic N) is 1. The summed E-state index contributed by atoms with van der Waals surface area (Å²) in [6.07, 6.45) is 1.13. The summed E-state index contributed by atoms with van der Waals surface area (Å²) in [7, 11) is 0. The summed E-state index contributed by atoms with van der Waals surface area (Å²) in [6.45, 7) is 1.82. The van der Waals surface area contributed by atoms with E-state index in [9.17, 15) is 14.4 Å². The molecule has 0 bridgehead atoms. The molecule has 2 aromatic carbocycles. The lowest BCUT2D eigenvalue weighted by Gasteiger charge is -2.10. The molecule has 0 aliphatic heterocycles. The highest BCUT2D eigenvalue weighted by molar-refractivity contribution is 6.31. The summed E-state index contributed by atoms with van der Waals surface area (Å²) in [5, 5.41) is 3.13. The molecular formula is C19H16ClN3O3. The van der Waals surface area contributed by atoms with Gasteiger partial charge in [0.25, 0.3) is 11.5 Å². The Morgan fingerprint density at radius 1 is 1.12 bits per heavy atom. The minimum absolute atomic E-state index is 0.0284. The van der Waals surface area contributed by atoms with Crippen molar-refractivity contribution in [1.82, 2.24) is 9.55 Å². The molecule has 1 amide bonds. The quantitative estimate of drug-likeness (QED) is 0.741. The van der Waals surface area contributed by atoms with Crippen molar-refractivity contribution >= 4 is 23.2 Å². The highest BCUT2D eigenvalue weighted by atomic mass is 35.5. The van der Waals surface area contributed by atoms with Gasteiger partial charge in [0.2, 0.25) is 0 Å². The SMILES string of the molecule is Cc1ccccc1NC(=O)c1c[nH]c(=O)n(Cc2ccccc2Cl)c1=O. The van der Waals surface area contributed by atoms with Gasteiger partial charge in [0, 0.05) is 16.9 Å². The highest BCUT2D eigenvalue weighted by Gasteiger charge is 2.16. The summed E-state index contributed by atoms with van der Waals surface area (Å²) < 4.78 is 0.952. The van der Waals surface area contributed by atoms with Gasteiger partial charge in [-0.15, -0.1) is 0 Å². The van der Waals surface area contributed by atoms with Crippen LogP contribution in [0.3, 0.4) is 0 Å². The molecule has 0 atom stereocenters. The second-order valence-electron chi connectivity index (χ2n) is 5.76. The summed E-state index contributed by atoms with van der Waals surface area (Å²) >= 11 is 6.10. The van der Waals surface area contributed by atoms with Crippen molar-refractivity contribution in [1.29, 1.82) is 0 Å². The third-order valence-corrected chi connectivity index (χ3v) is 4.35. The third kappa shape index (κ3) is 3.60. The van der Waals surface area contributed by atoms with Crippen LogP contribution in [0, 0.1) is 6.92 Å². The summed E-state index contributed by atoms with van der Waals surface area (Å²) in [5.41, 5.74) is 0.627. The van der Waals surface area contributed by atoms with Crippen LogP contribution in [0.5, 0.6) is 0 Å². The number of carbonyl (C=O) groups excluding carboxylic acids is 1. The number of halogens is 1. The van der Waals surface area contributed by atoms with Gasteiger partial charge >= 0.3 is 5.69 Å². The Morgan fingerprint density at radius 2 is 1.81 bits per heavy atom. The predicted molar refractivity (Wildman–Crippen MR) is 101 cm³/mol. The number of rotatable bonds is 4. The molecule has 0 saturated heterocycles. The Kier molecular flexibility index (Phi) is 5.04. The van der Waals surface area contributed by atoms with Crippen molar-refractivity contribution in [2.24, 2.45) is 0 Å². The average Bonchev–Trinajstić information content (AvgIpc) is 2.62. The van der Waals surface area contributed by atoms with Crippen LogP contribution in [0.4, 0.5) is 5.69 Å². The maximum Gasteiger partial charge on any atom is 0.328 e. The first kappa shape index (κ1) is 17.7. The molecule has 7 heteroatoms. The number of aromatic amines is 1. The van der Waals surface area contributed by atoms with Crippen LogP contribution in [0.2, 0.25) is 5.02 Å². The average molecular weight is 370 g/mol. The molecule has 1 heterocycles. The molecule has 3 aromatic rings. The van der Waals surface area contributed by atoms with Crippen LogP contribution in [-0.4, -0.2) is 15.5 Å². The number of aryl methyl sites for hydroxylation is 1. The van der Waals surface area contributed by atoms with Gasteiger partial charge < -0.3 is 10.3 Å². The first-order valence-corrected chi connectivity index (χ1v) is 8.28. The zero-order valence-corrected chi connectivity index (χ0v) is 14.7. The summed E-state index contributed by atoms with van der Waals surface area (Å²) in [5.74, 6) is -0.589. The Labute approximate surface area is 154 Å². The van der Waals surface area contributed by atoms with Gasteiger partial charge in [-0.3, -0.25) is 14.2 Å². The van der Waals surface area contributed by atoms with Gasteiger partial charge in [-0.1, -0.05) is 48.0 Å². The normalized spacial score (nSPS) is 10.5. The zero-order chi connectivity index (χ0) is 18.7. The second kappa shape index (κ2) is 7.41. The smallest absolute Gasteiger partial charge is 0.322 e. The molecule has 26 heavy (non-hydrogen) atoms. The summed E-state index contributed by atoms with van der Waals surface area (Å²) in [6, 6.07) is 14.1. The lowest BCUT2D eigenvalue weighted by Crippen LogP contribution is -2.39. The van der Waals surface area contributed by atoms with E-state index in [1.54, 1.807) is 36.4 Å². The van der Waals surface area contributed by atoms with Crippen molar-refractivity contribution in [3.8, 4) is 0 Å². The molecule has 0 aliphatic rings. The van der Waals surface area contributed by atoms with Crippen LogP contribution >= 0.6 is 11.6 Å². The highest BCUT2D eigenvalue weighted by Crippen LogP contribution is 2.15. The Balaban J connectivity index is 1.96. The van der Waals surface area contributed by atoms with Crippen molar-refractivity contribution in [2.75, 3.05) is 5.32 Å². The monoisotopic (exact) mass is 369 g/mol. The van der Waals surface area contributed by atoms with E-state index in [1.165, 1.54) is 0 Å². The minimum Gasteiger partial charge on any atom is -0.322 e. The Hall–Kier alpha value is -3.12. The fourth-order valence-corrected chi connectivity index (χ4v) is 2.71. The van der Waals surface area contributed by atoms with Gasteiger partial charge in [0.1, 0.15) is 5.56 Å². The minimum atomic E-state index is -0.681. The van der Waals surface area contributed by atoms with Crippen LogP contribution in [0.1, 0.15) is 21.5 Å². The van der Waals surface area contributed by atoms with Crippen molar-refractivity contribution in [3.05, 3.63) is 97.3 Å². The first-order valence-electron chi connectivity index (χ1n) is 7.90. The molecule has 3 rings (SSSR count). The molecule has 0 aliphatic carbocycles. The van der Waals surface area contributed by atoms with E-state index in [4.69, 9.17) is 11.6 Å². The fraction of sp³-hybridized carbons (Fsp3) is 0.105. The van der Waals surface area contributed by atoms with Gasteiger partial charge in [-0.05, 0) is 30.2 Å². The van der Waals surface area contributed by atoms with Gasteiger partial charge in [-0.25, -0.2) is 4.79 Å². The third-order valence-electron chi connectivity index (χ3n) is 3.98. The zero-order valence-electron chi connectivity index (χ0n) is 14.0. The number of aromatic nitrogens is 2. The lowest BCUT2D eigenvalue weighted by atomic mass is 10.2. The van der Waals surface area contributed by atoms with Gasteiger partial charge in [0.15, 0.2) is 0 Å². The standard InChI is InChI=1S/C19H16ClN3O3/c1-12-6-2-5-9-16(12)22-17(24)14-10-21-19(26)23(18(14)25)11-13-7-3-4-8-15(13)20/h2-10H,11H2,1H3,(H,21,26)(H,22,24). The van der Waals surface area contributed by atoms with Crippen molar-refractivity contribution in [3.63, 3.8) is 0 Å². The van der Waals surface area contributed by atoms with Crippen LogP contribution in [0.15, 0.2) is 64.3 Å². The number of hydrogen-bond donors (Lipinski definition) is 2. The van der Waals surface area contributed by atoms with Crippen molar-refractivity contribution < 1.29 is 4.79 Å². The number of para-hydroxylation sites is 1. The lowest BCUT2D eigenvalue weighted by molar-refractivity contribution is 0.102. The van der Waals surface area contributed by atoms with E-state index < -0.39 is 17.2 Å². The number of amides is 1. The van der Waals surface area contributed by atoms with Crippen LogP contribution < -0.4 is 16.6 Å². The molecule has 0 fully saturated rings. The Morgan fingerprint density at radius 3 is 2.54 bits per heavy atom. The molecule has 0 spiro atoms. The van der Waals surface area contributed by atoms with Gasteiger partial charge in [-0.2, -0.15) is 0 Å². The largest absolute Gasteiger partial charge is 0.328 e. The molecular weight excluding hydrogens is 354 g/mol. The molecule has 2 N–H and O–H groups in total. The van der Waals surface area contributed by atoms with E-state index >= 15 is 0 Å².